The van der Waals surface area contributed by atoms with Gasteiger partial charge in [-0.05, 0) is 36.3 Å². The molecule has 0 aliphatic carbocycles. The molecular weight excluding hydrogens is 366 g/mol. The maximum Gasteiger partial charge on any atom is 0.326 e. The summed E-state index contributed by atoms with van der Waals surface area (Å²) in [6, 6.07) is 4.94. The third-order valence-corrected chi connectivity index (χ3v) is 9.18. The van der Waals surface area contributed by atoms with Gasteiger partial charge in [-0.15, -0.1) is 0 Å². The number of rotatable bonds is 8. The number of carbonyl (C=O) groups excluding carboxylic acids is 2. The summed E-state index contributed by atoms with van der Waals surface area (Å²) in [6.45, 7) is 12.0. The highest BCUT2D eigenvalue weighted by atomic mass is 28.4. The number of hydrogen-bond donors (Lipinski definition) is 2. The second-order valence-corrected chi connectivity index (χ2v) is 12.7. The third-order valence-electron chi connectivity index (χ3n) is 4.64. The Hall–Kier alpha value is -2.19. The first-order valence-corrected chi connectivity index (χ1v) is 11.7. The van der Waals surface area contributed by atoms with Gasteiger partial charge >= 0.3 is 11.9 Å². The molecule has 0 aliphatic rings. The Balaban J connectivity index is 2.73. The average Bonchev–Trinajstić information content (AvgIpc) is 2.52. The van der Waals surface area contributed by atoms with Gasteiger partial charge in [-0.3, -0.25) is 9.59 Å². The van der Waals surface area contributed by atoms with E-state index in [9.17, 15) is 19.5 Å². The van der Waals surface area contributed by atoms with Gasteiger partial charge in [0.25, 0.3) is 5.91 Å². The van der Waals surface area contributed by atoms with Gasteiger partial charge in [0, 0.05) is 25.5 Å². The Labute approximate surface area is 161 Å². The second-order valence-electron chi connectivity index (χ2n) is 7.88. The lowest BCUT2D eigenvalue weighted by atomic mass is 10.1. The minimum absolute atomic E-state index is 0.0200. The molecule has 0 saturated heterocycles. The molecule has 0 spiro atoms. The van der Waals surface area contributed by atoms with Crippen LogP contribution in [0.3, 0.4) is 0 Å². The summed E-state index contributed by atoms with van der Waals surface area (Å²) in [7, 11) is -1.99. The van der Waals surface area contributed by atoms with Gasteiger partial charge in [0.05, 0.1) is 0 Å². The number of amides is 1. The van der Waals surface area contributed by atoms with Crippen molar-refractivity contribution in [3.63, 3.8) is 0 Å². The zero-order valence-electron chi connectivity index (χ0n) is 16.8. The van der Waals surface area contributed by atoms with Crippen LogP contribution in [0.2, 0.25) is 18.1 Å². The summed E-state index contributed by atoms with van der Waals surface area (Å²) in [4.78, 5) is 34.9. The first kappa shape index (κ1) is 22.8. The number of nitrogens with one attached hydrogen (secondary N) is 1. The molecule has 0 bridgehead atoms. The smallest absolute Gasteiger partial charge is 0.326 e. The summed E-state index contributed by atoms with van der Waals surface area (Å²) in [5, 5.41) is 11.9. The molecule has 0 aliphatic heterocycles. The fourth-order valence-corrected chi connectivity index (χ4v) is 3.08. The van der Waals surface area contributed by atoms with E-state index in [0.717, 1.165) is 0 Å². The number of ether oxygens (including phenoxy) is 1. The largest absolute Gasteiger partial charge is 0.480 e. The van der Waals surface area contributed by atoms with Crippen molar-refractivity contribution >= 4 is 26.2 Å². The quantitative estimate of drug-likeness (QED) is 0.398. The van der Waals surface area contributed by atoms with Crippen molar-refractivity contribution in [2.24, 2.45) is 0 Å². The number of hydrogen-bond acceptors (Lipinski definition) is 5. The summed E-state index contributed by atoms with van der Waals surface area (Å²) in [5.41, 5.74) is 0.213. The monoisotopic (exact) mass is 395 g/mol. The average molecular weight is 396 g/mol. The zero-order chi connectivity index (χ0) is 20.8. The minimum atomic E-state index is -1.99. The van der Waals surface area contributed by atoms with Gasteiger partial charge in [-0.25, -0.2) is 4.79 Å². The van der Waals surface area contributed by atoms with Crippen LogP contribution in [-0.4, -0.2) is 43.9 Å². The van der Waals surface area contributed by atoms with E-state index in [2.05, 4.69) is 39.2 Å². The lowest BCUT2D eigenvalue weighted by molar-refractivity contribution is -0.139. The molecule has 7 nitrogen and oxygen atoms in total. The Morgan fingerprint density at radius 3 is 2.37 bits per heavy atom. The van der Waals surface area contributed by atoms with Gasteiger partial charge in [0.1, 0.15) is 11.8 Å². The fraction of sp³-hybridized carbons (Fsp3) is 0.526. The summed E-state index contributed by atoms with van der Waals surface area (Å²) in [6.07, 6.45) is 0.164. The van der Waals surface area contributed by atoms with Crippen molar-refractivity contribution in [1.82, 2.24) is 5.32 Å². The van der Waals surface area contributed by atoms with Crippen LogP contribution in [-0.2, 0) is 14.0 Å². The molecule has 1 aromatic rings. The van der Waals surface area contributed by atoms with Gasteiger partial charge in [-0.1, -0.05) is 26.8 Å². The number of benzene rings is 1. The lowest BCUT2D eigenvalue weighted by Gasteiger charge is -2.36. The fourth-order valence-electron chi connectivity index (χ4n) is 2.01. The van der Waals surface area contributed by atoms with Gasteiger partial charge < -0.3 is 19.6 Å². The van der Waals surface area contributed by atoms with Crippen LogP contribution in [0, 0.1) is 0 Å². The van der Waals surface area contributed by atoms with Crippen molar-refractivity contribution in [1.29, 1.82) is 0 Å². The molecule has 2 N–H and O–H groups in total. The van der Waals surface area contributed by atoms with Crippen LogP contribution >= 0.6 is 0 Å². The third kappa shape index (κ3) is 7.14. The molecule has 0 fully saturated rings. The van der Waals surface area contributed by atoms with Crippen LogP contribution in [0.4, 0.5) is 0 Å². The number of carbonyl (C=O) groups is 3. The van der Waals surface area contributed by atoms with Crippen LogP contribution in [0.25, 0.3) is 0 Å². The molecule has 0 saturated carbocycles. The van der Waals surface area contributed by atoms with E-state index in [0.29, 0.717) is 0 Å². The van der Waals surface area contributed by atoms with E-state index in [1.807, 2.05) is 0 Å². The number of aliphatic carboxylic acids is 1. The van der Waals surface area contributed by atoms with Crippen molar-refractivity contribution in [2.45, 2.75) is 58.3 Å². The normalized spacial score (nSPS) is 13.0. The molecule has 1 aromatic carbocycles. The number of carboxylic acids is 1. The molecule has 0 heterocycles. The molecular formula is C19H29NO6Si. The minimum Gasteiger partial charge on any atom is -0.480 e. The topological polar surface area (TPSA) is 102 Å². The van der Waals surface area contributed by atoms with E-state index in [-0.39, 0.29) is 29.4 Å². The van der Waals surface area contributed by atoms with Gasteiger partial charge in [0.2, 0.25) is 0 Å². The Bertz CT molecular complexity index is 696. The Morgan fingerprint density at radius 1 is 1.22 bits per heavy atom. The molecule has 1 atom stereocenters. The first-order chi connectivity index (χ1) is 12.3. The van der Waals surface area contributed by atoms with E-state index < -0.39 is 32.2 Å². The van der Waals surface area contributed by atoms with Crippen LogP contribution in [0.5, 0.6) is 5.75 Å². The van der Waals surface area contributed by atoms with Crippen molar-refractivity contribution in [3.05, 3.63) is 29.8 Å². The van der Waals surface area contributed by atoms with Gasteiger partial charge in [0.15, 0.2) is 8.32 Å². The lowest BCUT2D eigenvalue weighted by Crippen LogP contribution is -2.44. The van der Waals surface area contributed by atoms with Gasteiger partial charge in [-0.2, -0.15) is 0 Å². The zero-order valence-corrected chi connectivity index (χ0v) is 17.8. The SMILES string of the molecule is CC(=O)Oc1cccc(C(=O)N[C@H](CCO[Si](C)(C)C(C)(C)C)C(=O)O)c1. The number of esters is 1. The molecule has 0 unspecified atom stereocenters. The van der Waals surface area contributed by atoms with Crippen molar-refractivity contribution in [2.75, 3.05) is 6.61 Å². The van der Waals surface area contributed by atoms with Crippen LogP contribution in [0.15, 0.2) is 24.3 Å². The van der Waals surface area contributed by atoms with E-state index in [1.54, 1.807) is 12.1 Å². The summed E-state index contributed by atoms with van der Waals surface area (Å²) >= 11 is 0. The summed E-state index contributed by atoms with van der Waals surface area (Å²) < 4.78 is 10.9. The van der Waals surface area contributed by atoms with E-state index in [1.165, 1.54) is 19.1 Å². The standard InChI is InChI=1S/C19H29NO6Si/c1-13(21)26-15-9-7-8-14(12-15)17(22)20-16(18(23)24)10-11-25-27(5,6)19(2,3)4/h7-9,12,16H,10-11H2,1-6H3,(H,20,22)(H,23,24)/t16-/m1/s1. The second kappa shape index (κ2) is 9.14. The first-order valence-electron chi connectivity index (χ1n) is 8.79. The molecule has 0 radical (unpaired) electrons. The Morgan fingerprint density at radius 2 is 1.85 bits per heavy atom. The predicted octanol–water partition coefficient (Wildman–Crippen LogP) is 3.21. The molecule has 0 aromatic heterocycles. The van der Waals surface area contributed by atoms with E-state index >= 15 is 0 Å². The molecule has 8 heteroatoms. The highest BCUT2D eigenvalue weighted by Crippen LogP contribution is 2.36. The number of carboxylic acid groups (broad SMARTS) is 1. The molecule has 150 valence electrons. The Kier molecular flexibility index (Phi) is 7.73. The highest BCUT2D eigenvalue weighted by molar-refractivity contribution is 6.74. The van der Waals surface area contributed by atoms with E-state index in [4.69, 9.17) is 9.16 Å². The van der Waals surface area contributed by atoms with Crippen molar-refractivity contribution < 1.29 is 28.7 Å². The van der Waals surface area contributed by atoms with Crippen molar-refractivity contribution in [3.8, 4) is 5.75 Å². The summed E-state index contributed by atoms with van der Waals surface area (Å²) in [5.74, 6) is -1.95. The maximum absolute atomic E-state index is 12.4. The van der Waals surface area contributed by atoms with Crippen LogP contribution in [0.1, 0.15) is 44.5 Å². The predicted molar refractivity (Wildman–Crippen MR) is 104 cm³/mol. The molecule has 27 heavy (non-hydrogen) atoms. The van der Waals surface area contributed by atoms with Crippen LogP contribution < -0.4 is 10.1 Å². The highest BCUT2D eigenvalue weighted by Gasteiger charge is 2.37. The molecule has 1 amide bonds. The molecule has 1 rings (SSSR count). The maximum atomic E-state index is 12.4.